The van der Waals surface area contributed by atoms with Crippen molar-refractivity contribution >= 4 is 22.8 Å². The molecule has 0 spiro atoms. The Kier molecular flexibility index (Phi) is 3.62. The van der Waals surface area contributed by atoms with Crippen molar-refractivity contribution in [3.05, 3.63) is 24.6 Å². The minimum Gasteiger partial charge on any atom is -0.464 e. The predicted molar refractivity (Wildman–Crippen MR) is 87.1 cm³/mol. The van der Waals surface area contributed by atoms with Crippen LogP contribution in [0.1, 0.15) is 6.23 Å². The van der Waals surface area contributed by atoms with Gasteiger partial charge in [-0.2, -0.15) is 9.97 Å². The highest BCUT2D eigenvalue weighted by atomic mass is 16.6. The highest BCUT2D eigenvalue weighted by Crippen LogP contribution is 2.38. The maximum atomic E-state index is 10.3. The van der Waals surface area contributed by atoms with E-state index >= 15 is 0 Å². The summed E-state index contributed by atoms with van der Waals surface area (Å²) in [6.45, 7) is -0.432. The van der Waals surface area contributed by atoms with Gasteiger partial charge in [-0.1, -0.05) is 0 Å². The molecule has 0 unspecified atom stereocenters. The lowest BCUT2D eigenvalue weighted by atomic mass is 10.1. The lowest BCUT2D eigenvalue weighted by Crippen LogP contribution is -2.33. The molecule has 3 aromatic heterocycles. The molecule has 10 nitrogen and oxygen atoms in total. The van der Waals surface area contributed by atoms with Crippen molar-refractivity contribution in [3.63, 3.8) is 0 Å². The smallest absolute Gasteiger partial charge is 0.223 e. The molecule has 1 fully saturated rings. The molecule has 0 bridgehead atoms. The summed E-state index contributed by atoms with van der Waals surface area (Å²) in [6.07, 6.45) is -1.26. The standard InChI is InChI=1S/C15H17N5O5/c16-12-9-6(7-2-1-3-24-7)4-20(13(9)19-15(17)18-12)14-11(23)10(22)8(5-21)25-14/h1-4,8,10-11,14,21-23H,5H2,(H4,16,17,18,19)/t8-,10-,11-,14-/m1/s1. The van der Waals surface area contributed by atoms with Gasteiger partial charge in [-0.15, -0.1) is 0 Å². The number of fused-ring (bicyclic) bond motifs is 1. The van der Waals surface area contributed by atoms with Crippen LogP contribution in [0.15, 0.2) is 29.0 Å². The van der Waals surface area contributed by atoms with E-state index in [1.165, 1.54) is 10.8 Å². The number of furan rings is 1. The molecule has 0 amide bonds. The number of anilines is 2. The zero-order valence-corrected chi connectivity index (χ0v) is 13.0. The number of nitrogens with two attached hydrogens (primary N) is 2. The molecule has 7 N–H and O–H groups in total. The van der Waals surface area contributed by atoms with Gasteiger partial charge < -0.3 is 40.5 Å². The minimum atomic E-state index is -1.27. The summed E-state index contributed by atoms with van der Waals surface area (Å²) in [6, 6.07) is 3.46. The zero-order chi connectivity index (χ0) is 17.7. The Hall–Kier alpha value is -2.66. The van der Waals surface area contributed by atoms with E-state index in [1.54, 1.807) is 18.3 Å². The first-order valence-corrected chi connectivity index (χ1v) is 7.61. The van der Waals surface area contributed by atoms with Gasteiger partial charge in [0.05, 0.1) is 18.3 Å². The molecule has 1 aliphatic rings. The maximum Gasteiger partial charge on any atom is 0.223 e. The zero-order valence-electron chi connectivity index (χ0n) is 13.0. The van der Waals surface area contributed by atoms with Crippen LogP contribution in [0.3, 0.4) is 0 Å². The second kappa shape index (κ2) is 5.70. The Morgan fingerprint density at radius 3 is 2.64 bits per heavy atom. The molecular weight excluding hydrogens is 330 g/mol. The third-order valence-corrected chi connectivity index (χ3v) is 4.30. The van der Waals surface area contributed by atoms with Gasteiger partial charge in [0.25, 0.3) is 0 Å². The molecule has 4 rings (SSSR count). The predicted octanol–water partition coefficient (Wildman–Crippen LogP) is -0.533. The van der Waals surface area contributed by atoms with Crippen molar-refractivity contribution in [1.29, 1.82) is 0 Å². The van der Waals surface area contributed by atoms with E-state index in [0.717, 1.165) is 0 Å². The van der Waals surface area contributed by atoms with Crippen molar-refractivity contribution in [2.75, 3.05) is 18.1 Å². The molecule has 0 saturated carbocycles. The lowest BCUT2D eigenvalue weighted by Gasteiger charge is -2.17. The van der Waals surface area contributed by atoms with Crippen LogP contribution < -0.4 is 11.5 Å². The first-order chi connectivity index (χ1) is 12.0. The molecule has 1 saturated heterocycles. The van der Waals surface area contributed by atoms with Crippen LogP contribution in [-0.4, -0.2) is 54.8 Å². The fraction of sp³-hybridized carbons (Fsp3) is 0.333. The number of nitrogens with zero attached hydrogens (tertiary/aromatic N) is 3. The number of nitrogen functional groups attached to an aromatic ring is 2. The van der Waals surface area contributed by atoms with Crippen LogP contribution in [0.4, 0.5) is 11.8 Å². The Bertz CT molecular complexity index is 909. The van der Waals surface area contributed by atoms with Crippen LogP contribution in [-0.2, 0) is 4.74 Å². The number of ether oxygens (including phenoxy) is 1. The van der Waals surface area contributed by atoms with Crippen LogP contribution in [0.5, 0.6) is 0 Å². The number of hydrogen-bond donors (Lipinski definition) is 5. The molecule has 0 radical (unpaired) electrons. The van der Waals surface area contributed by atoms with Crippen molar-refractivity contribution in [2.45, 2.75) is 24.5 Å². The summed E-state index contributed by atoms with van der Waals surface area (Å²) in [5.74, 6) is 0.636. The average molecular weight is 347 g/mol. The number of aliphatic hydroxyl groups is 3. The summed E-state index contributed by atoms with van der Waals surface area (Å²) in [7, 11) is 0. The van der Waals surface area contributed by atoms with Gasteiger partial charge in [0.1, 0.15) is 29.9 Å². The molecular formula is C15H17N5O5. The quantitative estimate of drug-likeness (QED) is 0.418. The van der Waals surface area contributed by atoms with Gasteiger partial charge in [0.2, 0.25) is 5.95 Å². The molecule has 1 aliphatic heterocycles. The van der Waals surface area contributed by atoms with Gasteiger partial charge in [0, 0.05) is 11.8 Å². The van der Waals surface area contributed by atoms with E-state index in [-0.39, 0.29) is 11.8 Å². The van der Waals surface area contributed by atoms with Gasteiger partial charge in [-0.3, -0.25) is 0 Å². The second-order valence-corrected chi connectivity index (χ2v) is 5.82. The normalized spacial score (nSPS) is 26.5. The van der Waals surface area contributed by atoms with E-state index in [2.05, 4.69) is 9.97 Å². The van der Waals surface area contributed by atoms with Gasteiger partial charge >= 0.3 is 0 Å². The number of aliphatic hydroxyl groups excluding tert-OH is 3. The van der Waals surface area contributed by atoms with Crippen LogP contribution in [0, 0.1) is 0 Å². The Morgan fingerprint density at radius 1 is 1.20 bits per heavy atom. The monoisotopic (exact) mass is 347 g/mol. The largest absolute Gasteiger partial charge is 0.464 e. The summed E-state index contributed by atoms with van der Waals surface area (Å²) < 4.78 is 12.5. The average Bonchev–Trinajstić information content (AvgIpc) is 3.27. The first-order valence-electron chi connectivity index (χ1n) is 7.61. The van der Waals surface area contributed by atoms with Crippen molar-refractivity contribution in [1.82, 2.24) is 14.5 Å². The Morgan fingerprint density at radius 2 is 2.00 bits per heavy atom. The van der Waals surface area contributed by atoms with Crippen LogP contribution in [0.25, 0.3) is 22.4 Å². The third kappa shape index (κ3) is 2.35. The molecule has 25 heavy (non-hydrogen) atoms. The number of rotatable bonds is 3. The van der Waals surface area contributed by atoms with Crippen molar-refractivity contribution in [3.8, 4) is 11.3 Å². The van der Waals surface area contributed by atoms with Crippen LogP contribution >= 0.6 is 0 Å². The van der Waals surface area contributed by atoms with Crippen LogP contribution in [0.2, 0.25) is 0 Å². The van der Waals surface area contributed by atoms with Gasteiger partial charge in [0.15, 0.2) is 11.9 Å². The molecule has 0 aromatic carbocycles. The van der Waals surface area contributed by atoms with Gasteiger partial charge in [-0.05, 0) is 12.1 Å². The maximum absolute atomic E-state index is 10.3. The Labute approximate surface area is 141 Å². The molecule has 10 heteroatoms. The SMILES string of the molecule is Nc1nc(N)c2c(-c3ccco3)cn([C@@H]3O[C@H](CO)[C@@H](O)[C@H]3O)c2n1. The Balaban J connectivity index is 1.93. The number of aromatic nitrogens is 3. The fourth-order valence-electron chi connectivity index (χ4n) is 3.12. The van der Waals surface area contributed by atoms with Gasteiger partial charge in [-0.25, -0.2) is 0 Å². The molecule has 4 heterocycles. The van der Waals surface area contributed by atoms with Crippen molar-refractivity contribution < 1.29 is 24.5 Å². The molecule has 0 aliphatic carbocycles. The van der Waals surface area contributed by atoms with E-state index in [4.69, 9.17) is 20.6 Å². The van der Waals surface area contributed by atoms with E-state index < -0.39 is 31.1 Å². The topological polar surface area (TPSA) is 166 Å². The fourth-order valence-corrected chi connectivity index (χ4v) is 3.12. The number of hydrogen-bond acceptors (Lipinski definition) is 9. The highest BCUT2D eigenvalue weighted by Gasteiger charge is 2.44. The molecule has 3 aromatic rings. The second-order valence-electron chi connectivity index (χ2n) is 5.82. The summed E-state index contributed by atoms with van der Waals surface area (Å²) in [5.41, 5.74) is 12.6. The summed E-state index contributed by atoms with van der Waals surface area (Å²) in [4.78, 5) is 8.17. The summed E-state index contributed by atoms with van der Waals surface area (Å²) >= 11 is 0. The molecule has 4 atom stereocenters. The summed E-state index contributed by atoms with van der Waals surface area (Å²) in [5, 5.41) is 30.1. The van der Waals surface area contributed by atoms with E-state index in [0.29, 0.717) is 22.4 Å². The van der Waals surface area contributed by atoms with E-state index in [9.17, 15) is 15.3 Å². The first kappa shape index (κ1) is 15.8. The third-order valence-electron chi connectivity index (χ3n) is 4.30. The molecule has 132 valence electrons. The minimum absolute atomic E-state index is 0.0397. The highest BCUT2D eigenvalue weighted by molar-refractivity contribution is 6.00. The lowest BCUT2D eigenvalue weighted by molar-refractivity contribution is -0.0508. The van der Waals surface area contributed by atoms with E-state index in [1.807, 2.05) is 0 Å². The van der Waals surface area contributed by atoms with Crippen molar-refractivity contribution in [2.24, 2.45) is 0 Å².